The first-order chi connectivity index (χ1) is 15.0. The molecule has 6 nitrogen and oxygen atoms in total. The molecule has 0 atom stereocenters. The maximum absolute atomic E-state index is 12.2. The molecule has 160 valence electrons. The highest BCUT2D eigenvalue weighted by Gasteiger charge is 2.09. The molecule has 31 heavy (non-hydrogen) atoms. The third-order valence-electron chi connectivity index (χ3n) is 4.61. The highest BCUT2D eigenvalue weighted by molar-refractivity contribution is 5.93. The fourth-order valence-corrected chi connectivity index (χ4v) is 3.00. The van der Waals surface area contributed by atoms with Gasteiger partial charge in [0, 0.05) is 17.8 Å². The summed E-state index contributed by atoms with van der Waals surface area (Å²) in [6.45, 7) is 1.81. The molecule has 0 aromatic heterocycles. The topological polar surface area (TPSA) is 76.7 Å². The lowest BCUT2D eigenvalue weighted by Crippen LogP contribution is -2.20. The van der Waals surface area contributed by atoms with Gasteiger partial charge >= 0.3 is 0 Å². The number of benzene rings is 3. The van der Waals surface area contributed by atoms with Gasteiger partial charge in [0.05, 0.1) is 7.11 Å². The maximum atomic E-state index is 12.2. The normalized spacial score (nSPS) is 10.3. The molecule has 6 heteroatoms. The van der Waals surface area contributed by atoms with Crippen LogP contribution in [-0.2, 0) is 16.0 Å². The third kappa shape index (κ3) is 6.89. The molecule has 0 bridgehead atoms. The van der Waals surface area contributed by atoms with Crippen molar-refractivity contribution in [3.05, 3.63) is 83.9 Å². The summed E-state index contributed by atoms with van der Waals surface area (Å²) in [6.07, 6.45) is 1.09. The van der Waals surface area contributed by atoms with Crippen LogP contribution in [0.15, 0.2) is 72.8 Å². The van der Waals surface area contributed by atoms with Crippen molar-refractivity contribution in [3.8, 4) is 11.5 Å². The van der Waals surface area contributed by atoms with Crippen LogP contribution >= 0.6 is 0 Å². The van der Waals surface area contributed by atoms with E-state index in [9.17, 15) is 9.59 Å². The van der Waals surface area contributed by atoms with Gasteiger partial charge in [-0.2, -0.15) is 0 Å². The Morgan fingerprint density at radius 2 is 1.45 bits per heavy atom. The van der Waals surface area contributed by atoms with Crippen molar-refractivity contribution in [1.29, 1.82) is 0 Å². The van der Waals surface area contributed by atoms with E-state index >= 15 is 0 Å². The Bertz CT molecular complexity index is 1020. The average molecular weight is 418 g/mol. The Morgan fingerprint density at radius 3 is 2.10 bits per heavy atom. The first kappa shape index (κ1) is 21.9. The second-order valence-electron chi connectivity index (χ2n) is 7.10. The van der Waals surface area contributed by atoms with E-state index in [0.29, 0.717) is 35.7 Å². The predicted octanol–water partition coefficient (Wildman–Crippen LogP) is 4.59. The molecule has 0 saturated heterocycles. The summed E-state index contributed by atoms with van der Waals surface area (Å²) in [5.41, 5.74) is 3.46. The van der Waals surface area contributed by atoms with Gasteiger partial charge in [-0.05, 0) is 60.9 Å². The van der Waals surface area contributed by atoms with Crippen molar-refractivity contribution in [3.63, 3.8) is 0 Å². The second-order valence-corrected chi connectivity index (χ2v) is 7.10. The van der Waals surface area contributed by atoms with Gasteiger partial charge in [0.1, 0.15) is 0 Å². The van der Waals surface area contributed by atoms with E-state index in [1.807, 2.05) is 49.4 Å². The Hall–Kier alpha value is -3.80. The molecule has 0 radical (unpaired) electrons. The van der Waals surface area contributed by atoms with E-state index in [4.69, 9.17) is 9.47 Å². The largest absolute Gasteiger partial charge is 0.493 e. The number of methoxy groups -OCH3 is 1. The van der Waals surface area contributed by atoms with Crippen LogP contribution in [0.5, 0.6) is 11.5 Å². The van der Waals surface area contributed by atoms with E-state index < -0.39 is 0 Å². The summed E-state index contributed by atoms with van der Waals surface area (Å²) in [5.74, 6) is 0.750. The van der Waals surface area contributed by atoms with Gasteiger partial charge in [-0.25, -0.2) is 0 Å². The van der Waals surface area contributed by atoms with Crippen LogP contribution in [0.3, 0.4) is 0 Å². The predicted molar refractivity (Wildman–Crippen MR) is 122 cm³/mol. The molecule has 0 heterocycles. The lowest BCUT2D eigenvalue weighted by atomic mass is 10.1. The summed E-state index contributed by atoms with van der Waals surface area (Å²) < 4.78 is 10.8. The van der Waals surface area contributed by atoms with Crippen LogP contribution in [-0.4, -0.2) is 25.5 Å². The Morgan fingerprint density at radius 1 is 0.806 bits per heavy atom. The minimum Gasteiger partial charge on any atom is -0.493 e. The molecule has 0 unspecified atom stereocenters. The molecule has 0 fully saturated rings. The molecule has 0 saturated carbocycles. The summed E-state index contributed by atoms with van der Waals surface area (Å²) in [5, 5.41) is 5.64. The van der Waals surface area contributed by atoms with Crippen molar-refractivity contribution in [2.75, 3.05) is 24.4 Å². The zero-order valence-corrected chi connectivity index (χ0v) is 17.7. The lowest BCUT2D eigenvalue weighted by Gasteiger charge is -2.12. The molecule has 0 aliphatic rings. The number of hydrogen-bond acceptors (Lipinski definition) is 4. The van der Waals surface area contributed by atoms with Gasteiger partial charge in [-0.3, -0.25) is 9.59 Å². The third-order valence-corrected chi connectivity index (χ3v) is 4.61. The molecule has 2 N–H and O–H groups in total. The van der Waals surface area contributed by atoms with Gasteiger partial charge in [-0.15, -0.1) is 0 Å². The minimum absolute atomic E-state index is 0.0546. The number of rotatable bonds is 9. The standard InChI is InChI=1S/C25H26N2O4/c1-18-8-14-22(23(16-18)30-2)31-17-25(29)27-21-12-10-20(11-13-21)26-24(28)15-9-19-6-4-3-5-7-19/h3-8,10-14,16H,9,15,17H2,1-2H3,(H,26,28)(H,27,29). The second kappa shape index (κ2) is 10.8. The molecular weight excluding hydrogens is 392 g/mol. The smallest absolute Gasteiger partial charge is 0.262 e. The number of carbonyl (C=O) groups excluding carboxylic acids is 2. The first-order valence-corrected chi connectivity index (χ1v) is 10.0. The highest BCUT2D eigenvalue weighted by atomic mass is 16.5. The number of carbonyl (C=O) groups is 2. The molecule has 0 spiro atoms. The number of amides is 2. The Balaban J connectivity index is 1.45. The Labute approximate surface area is 182 Å². The lowest BCUT2D eigenvalue weighted by molar-refractivity contribution is -0.118. The quantitative estimate of drug-likeness (QED) is 0.533. The van der Waals surface area contributed by atoms with E-state index in [1.165, 1.54) is 0 Å². The van der Waals surface area contributed by atoms with E-state index in [1.54, 1.807) is 37.4 Å². The van der Waals surface area contributed by atoms with Crippen LogP contribution in [0.1, 0.15) is 17.5 Å². The number of hydrogen-bond donors (Lipinski definition) is 2. The van der Waals surface area contributed by atoms with Crippen LogP contribution in [0, 0.1) is 6.92 Å². The van der Waals surface area contributed by atoms with Crippen molar-refractivity contribution < 1.29 is 19.1 Å². The van der Waals surface area contributed by atoms with Gasteiger partial charge in [0.2, 0.25) is 5.91 Å². The zero-order valence-electron chi connectivity index (χ0n) is 17.7. The SMILES string of the molecule is COc1cc(C)ccc1OCC(=O)Nc1ccc(NC(=O)CCc2ccccc2)cc1. The van der Waals surface area contributed by atoms with E-state index in [2.05, 4.69) is 10.6 Å². The highest BCUT2D eigenvalue weighted by Crippen LogP contribution is 2.27. The number of aryl methyl sites for hydroxylation is 2. The first-order valence-electron chi connectivity index (χ1n) is 10.0. The molecule has 0 aliphatic heterocycles. The average Bonchev–Trinajstić information content (AvgIpc) is 2.79. The van der Waals surface area contributed by atoms with Crippen molar-refractivity contribution in [2.24, 2.45) is 0 Å². The maximum Gasteiger partial charge on any atom is 0.262 e. The van der Waals surface area contributed by atoms with E-state index in [0.717, 1.165) is 11.1 Å². The molecular formula is C25H26N2O4. The molecule has 3 aromatic carbocycles. The summed E-state index contributed by atoms with van der Waals surface area (Å²) in [4.78, 5) is 24.3. The summed E-state index contributed by atoms with van der Waals surface area (Å²) in [7, 11) is 1.56. The van der Waals surface area contributed by atoms with Gasteiger partial charge < -0.3 is 20.1 Å². The van der Waals surface area contributed by atoms with Crippen LogP contribution in [0.25, 0.3) is 0 Å². The van der Waals surface area contributed by atoms with Gasteiger partial charge in [0.25, 0.3) is 5.91 Å². The molecule has 3 aromatic rings. The fraction of sp³-hybridized carbons (Fsp3) is 0.200. The fourth-order valence-electron chi connectivity index (χ4n) is 3.00. The summed E-state index contributed by atoms with van der Waals surface area (Å²) >= 11 is 0. The van der Waals surface area contributed by atoms with Crippen LogP contribution in [0.2, 0.25) is 0 Å². The van der Waals surface area contributed by atoms with Crippen molar-refractivity contribution in [1.82, 2.24) is 0 Å². The van der Waals surface area contributed by atoms with Gasteiger partial charge in [0.15, 0.2) is 18.1 Å². The number of anilines is 2. The molecule has 3 rings (SSSR count). The van der Waals surface area contributed by atoms with Crippen molar-refractivity contribution in [2.45, 2.75) is 19.8 Å². The number of nitrogens with one attached hydrogen (secondary N) is 2. The zero-order chi connectivity index (χ0) is 22.1. The van der Waals surface area contributed by atoms with Crippen LogP contribution in [0.4, 0.5) is 11.4 Å². The molecule has 0 aliphatic carbocycles. The van der Waals surface area contributed by atoms with Crippen molar-refractivity contribution >= 4 is 23.2 Å². The Kier molecular flexibility index (Phi) is 7.65. The monoisotopic (exact) mass is 418 g/mol. The minimum atomic E-state index is -0.290. The summed E-state index contributed by atoms with van der Waals surface area (Å²) in [6, 6.07) is 22.4. The van der Waals surface area contributed by atoms with E-state index in [-0.39, 0.29) is 18.4 Å². The van der Waals surface area contributed by atoms with Crippen LogP contribution < -0.4 is 20.1 Å². The molecule has 2 amide bonds. The number of ether oxygens (including phenoxy) is 2. The van der Waals surface area contributed by atoms with Gasteiger partial charge in [-0.1, -0.05) is 36.4 Å².